The van der Waals surface area contributed by atoms with Crippen molar-refractivity contribution in [3.8, 4) is 17.2 Å². The lowest BCUT2D eigenvalue weighted by molar-refractivity contribution is -0.0512. The molecular formula is C19H20F5N3O3. The van der Waals surface area contributed by atoms with E-state index in [1.165, 1.54) is 44.5 Å². The van der Waals surface area contributed by atoms with E-state index in [1.54, 1.807) is 0 Å². The largest absolute Gasteiger partial charge is 0.497 e. The van der Waals surface area contributed by atoms with Crippen LogP contribution in [0.3, 0.4) is 0 Å². The highest BCUT2D eigenvalue weighted by Crippen LogP contribution is 2.26. The Morgan fingerprint density at radius 2 is 1.63 bits per heavy atom. The van der Waals surface area contributed by atoms with Gasteiger partial charge >= 0.3 is 13.2 Å². The Hall–Kier alpha value is -3.24. The topological polar surface area (TPSA) is 64.1 Å². The molecular weight excluding hydrogens is 413 g/mol. The van der Waals surface area contributed by atoms with Crippen molar-refractivity contribution in [1.29, 1.82) is 0 Å². The Balaban J connectivity index is 2.08. The molecule has 0 aromatic heterocycles. The Bertz CT molecular complexity index is 865. The predicted octanol–water partition coefficient (Wildman–Crippen LogP) is 3.90. The molecule has 0 unspecified atom stereocenters. The van der Waals surface area contributed by atoms with E-state index in [0.29, 0.717) is 11.3 Å². The van der Waals surface area contributed by atoms with Crippen molar-refractivity contribution in [1.82, 2.24) is 10.6 Å². The fourth-order valence-electron chi connectivity index (χ4n) is 2.52. The van der Waals surface area contributed by atoms with Gasteiger partial charge in [0, 0.05) is 31.3 Å². The number of guanidine groups is 1. The van der Waals surface area contributed by atoms with Gasteiger partial charge in [0.1, 0.15) is 23.1 Å². The van der Waals surface area contributed by atoms with Crippen LogP contribution in [0.15, 0.2) is 41.4 Å². The summed E-state index contributed by atoms with van der Waals surface area (Å²) in [6.07, 6.45) is 0. The van der Waals surface area contributed by atoms with E-state index in [0.717, 1.165) is 6.07 Å². The van der Waals surface area contributed by atoms with Gasteiger partial charge in [-0.25, -0.2) is 4.39 Å². The third-order valence-corrected chi connectivity index (χ3v) is 3.88. The second kappa shape index (κ2) is 11.1. The van der Waals surface area contributed by atoms with E-state index >= 15 is 0 Å². The normalized spacial score (nSPS) is 11.6. The maximum absolute atomic E-state index is 14.0. The van der Waals surface area contributed by atoms with Crippen LogP contribution in [0.5, 0.6) is 17.2 Å². The van der Waals surface area contributed by atoms with Gasteiger partial charge in [-0.15, -0.1) is 0 Å². The van der Waals surface area contributed by atoms with Gasteiger partial charge < -0.3 is 24.8 Å². The zero-order valence-corrected chi connectivity index (χ0v) is 16.1. The lowest BCUT2D eigenvalue weighted by Crippen LogP contribution is -2.36. The number of ether oxygens (including phenoxy) is 3. The van der Waals surface area contributed by atoms with Gasteiger partial charge in [0.25, 0.3) is 0 Å². The first-order valence-corrected chi connectivity index (χ1v) is 8.62. The number of hydrogen-bond acceptors (Lipinski definition) is 4. The molecule has 6 nitrogen and oxygen atoms in total. The molecule has 0 aliphatic rings. The van der Waals surface area contributed by atoms with Crippen LogP contribution in [0.4, 0.5) is 22.0 Å². The minimum absolute atomic E-state index is 0.0105. The summed E-state index contributed by atoms with van der Waals surface area (Å²) < 4.78 is 78.2. The van der Waals surface area contributed by atoms with Gasteiger partial charge in [-0.05, 0) is 30.3 Å². The smallest absolute Gasteiger partial charge is 0.387 e. The molecule has 2 N–H and O–H groups in total. The van der Waals surface area contributed by atoms with Crippen molar-refractivity contribution >= 4 is 5.96 Å². The third-order valence-electron chi connectivity index (χ3n) is 3.88. The van der Waals surface area contributed by atoms with Gasteiger partial charge in [0.2, 0.25) is 0 Å². The van der Waals surface area contributed by atoms with Crippen molar-refractivity contribution in [3.05, 3.63) is 53.3 Å². The number of alkyl halides is 4. The maximum Gasteiger partial charge on any atom is 0.387 e. The summed E-state index contributed by atoms with van der Waals surface area (Å²) in [4.78, 5) is 3.93. The van der Waals surface area contributed by atoms with Crippen LogP contribution < -0.4 is 24.8 Å². The van der Waals surface area contributed by atoms with Crippen LogP contribution >= 0.6 is 0 Å². The molecule has 0 bridgehead atoms. The second-order valence-corrected chi connectivity index (χ2v) is 5.73. The van der Waals surface area contributed by atoms with Gasteiger partial charge in [0.05, 0.1) is 7.11 Å². The maximum atomic E-state index is 14.0. The van der Waals surface area contributed by atoms with Gasteiger partial charge in [-0.2, -0.15) is 17.6 Å². The molecule has 2 rings (SSSR count). The molecule has 0 aliphatic heterocycles. The van der Waals surface area contributed by atoms with Gasteiger partial charge in [-0.3, -0.25) is 4.99 Å². The SMILES string of the molecule is CN=C(NCc1cc(OC)ccc1OC(F)F)NCc1c(F)cccc1OC(F)F. The number of hydrogen-bond donors (Lipinski definition) is 2. The monoisotopic (exact) mass is 433 g/mol. The molecule has 11 heteroatoms. The van der Waals surface area contributed by atoms with Crippen LogP contribution in [-0.4, -0.2) is 33.3 Å². The number of nitrogens with zero attached hydrogens (tertiary/aromatic N) is 1. The van der Waals surface area contributed by atoms with E-state index < -0.39 is 19.0 Å². The number of benzene rings is 2. The number of nitrogens with one attached hydrogen (secondary N) is 2. The average molecular weight is 433 g/mol. The second-order valence-electron chi connectivity index (χ2n) is 5.73. The third kappa shape index (κ3) is 6.68. The van der Waals surface area contributed by atoms with Crippen molar-refractivity contribution in [2.75, 3.05) is 14.2 Å². The van der Waals surface area contributed by atoms with Crippen LogP contribution in [0.2, 0.25) is 0 Å². The molecule has 0 aliphatic carbocycles. The van der Waals surface area contributed by atoms with E-state index in [1.807, 2.05) is 0 Å². The van der Waals surface area contributed by atoms with Gasteiger partial charge in [0.15, 0.2) is 5.96 Å². The lowest BCUT2D eigenvalue weighted by atomic mass is 10.2. The molecule has 30 heavy (non-hydrogen) atoms. The number of methoxy groups -OCH3 is 1. The van der Waals surface area contributed by atoms with Crippen molar-refractivity contribution in [3.63, 3.8) is 0 Å². The van der Waals surface area contributed by atoms with E-state index in [4.69, 9.17) is 4.74 Å². The quantitative estimate of drug-likeness (QED) is 0.357. The fourth-order valence-corrected chi connectivity index (χ4v) is 2.52. The fraction of sp³-hybridized carbons (Fsp3) is 0.316. The summed E-state index contributed by atoms with van der Waals surface area (Å²) in [5.41, 5.74) is 0.231. The zero-order chi connectivity index (χ0) is 22.1. The Morgan fingerprint density at radius 1 is 0.967 bits per heavy atom. The molecule has 2 aromatic carbocycles. The Morgan fingerprint density at radius 3 is 2.27 bits per heavy atom. The molecule has 0 fully saturated rings. The van der Waals surface area contributed by atoms with Crippen LogP contribution in [0.25, 0.3) is 0 Å². The molecule has 0 amide bonds. The summed E-state index contributed by atoms with van der Waals surface area (Å²) in [7, 11) is 2.85. The summed E-state index contributed by atoms with van der Waals surface area (Å²) in [6, 6.07) is 7.88. The minimum Gasteiger partial charge on any atom is -0.497 e. The van der Waals surface area contributed by atoms with Crippen molar-refractivity contribution < 1.29 is 36.2 Å². The lowest BCUT2D eigenvalue weighted by Gasteiger charge is -2.17. The summed E-state index contributed by atoms with van der Waals surface area (Å²) in [5.74, 6) is -0.524. The molecule has 0 saturated carbocycles. The Labute approximate surface area is 169 Å². The molecule has 2 aromatic rings. The van der Waals surface area contributed by atoms with Crippen molar-refractivity contribution in [2.45, 2.75) is 26.3 Å². The minimum atomic E-state index is -3.11. The first kappa shape index (κ1) is 23.0. The highest BCUT2D eigenvalue weighted by molar-refractivity contribution is 5.79. The van der Waals surface area contributed by atoms with E-state index in [9.17, 15) is 22.0 Å². The van der Waals surface area contributed by atoms with Crippen molar-refractivity contribution in [2.24, 2.45) is 4.99 Å². The molecule has 0 heterocycles. The van der Waals surface area contributed by atoms with Gasteiger partial charge in [-0.1, -0.05) is 6.07 Å². The summed E-state index contributed by atoms with van der Waals surface area (Å²) in [6.45, 7) is -6.32. The van der Waals surface area contributed by atoms with Crippen LogP contribution in [-0.2, 0) is 13.1 Å². The summed E-state index contributed by atoms with van der Waals surface area (Å²) in [5, 5.41) is 5.60. The summed E-state index contributed by atoms with van der Waals surface area (Å²) >= 11 is 0. The molecule has 0 saturated heterocycles. The average Bonchev–Trinajstić information content (AvgIpc) is 2.69. The number of aliphatic imine (C=N–C) groups is 1. The molecule has 164 valence electrons. The van der Waals surface area contributed by atoms with Crippen LogP contribution in [0.1, 0.15) is 11.1 Å². The zero-order valence-electron chi connectivity index (χ0n) is 16.1. The first-order chi connectivity index (χ1) is 14.3. The standard InChI is InChI=1S/C19H20F5N3O3/c1-25-19(27-10-13-14(20)4-3-5-16(13)30-18(23)24)26-9-11-8-12(28-2)6-7-15(11)29-17(21)22/h3-8,17-18H,9-10H2,1-2H3,(H2,25,26,27). The van der Waals surface area contributed by atoms with E-state index in [2.05, 4.69) is 25.1 Å². The highest BCUT2D eigenvalue weighted by atomic mass is 19.3. The van der Waals surface area contributed by atoms with E-state index in [-0.39, 0.29) is 36.1 Å². The molecule has 0 radical (unpaired) electrons. The predicted molar refractivity (Wildman–Crippen MR) is 99.7 cm³/mol. The Kier molecular flexibility index (Phi) is 8.51. The molecule has 0 spiro atoms. The molecule has 0 atom stereocenters. The first-order valence-electron chi connectivity index (χ1n) is 8.62. The number of halogens is 5. The van der Waals surface area contributed by atoms with Crippen LogP contribution in [0, 0.1) is 5.82 Å². The highest BCUT2D eigenvalue weighted by Gasteiger charge is 2.15. The number of rotatable bonds is 9.